The lowest BCUT2D eigenvalue weighted by molar-refractivity contribution is 0.155. The van der Waals surface area contributed by atoms with Crippen molar-refractivity contribution in [1.82, 2.24) is 20.4 Å². The molecule has 1 aromatic rings. The Balaban J connectivity index is 0.00000480. The molecule has 0 radical (unpaired) electrons. The van der Waals surface area contributed by atoms with Gasteiger partial charge in [0, 0.05) is 51.5 Å². The summed E-state index contributed by atoms with van der Waals surface area (Å²) in [5.41, 5.74) is 0.0615. The molecule has 0 aromatic heterocycles. The molecule has 0 saturated carbocycles. The number of benzene rings is 1. The Morgan fingerprint density at radius 3 is 2.45 bits per heavy atom. The quantitative estimate of drug-likeness (QED) is 0.202. The molecule has 1 aliphatic rings. The molecular weight excluding hydrogens is 515 g/mol. The van der Waals surface area contributed by atoms with Crippen LogP contribution in [0.15, 0.2) is 23.2 Å². The van der Waals surface area contributed by atoms with E-state index in [1.807, 2.05) is 21.0 Å². The second-order valence-electron chi connectivity index (χ2n) is 7.94. The first-order valence-corrected chi connectivity index (χ1v) is 10.8. The van der Waals surface area contributed by atoms with Crippen LogP contribution in [0.3, 0.4) is 0 Å². The number of nitrogens with zero attached hydrogens (tertiary/aromatic N) is 3. The van der Waals surface area contributed by atoms with E-state index in [1.165, 1.54) is 18.2 Å². The largest absolute Gasteiger partial charge is 0.385 e. The van der Waals surface area contributed by atoms with Crippen molar-refractivity contribution in [3.05, 3.63) is 35.4 Å². The van der Waals surface area contributed by atoms with E-state index in [9.17, 15) is 8.78 Å². The molecule has 2 N–H and O–H groups in total. The predicted molar refractivity (Wildman–Crippen MR) is 133 cm³/mol. The molecule has 178 valence electrons. The van der Waals surface area contributed by atoms with Crippen molar-refractivity contribution in [3.63, 3.8) is 0 Å². The standard InChI is InChI=1S/C22H37F2N5O.HI/c1-5-25-22(27-17-10-13-29(14-11-17)12-7-15-30-4)26-16-20(28(2)3)21-18(23)8-6-9-19(21)24;/h6,8-9,17,20H,5,7,10-16H2,1-4H3,(H2,25,26,27);1H. The number of likely N-dealkylation sites (tertiary alicyclic amines) is 1. The first-order chi connectivity index (χ1) is 14.5. The second-order valence-corrected chi connectivity index (χ2v) is 7.94. The third-order valence-electron chi connectivity index (χ3n) is 5.47. The summed E-state index contributed by atoms with van der Waals surface area (Å²) >= 11 is 0. The molecule has 1 saturated heterocycles. The van der Waals surface area contributed by atoms with Gasteiger partial charge in [-0.25, -0.2) is 8.78 Å². The van der Waals surface area contributed by atoms with Crippen LogP contribution in [0.1, 0.15) is 37.8 Å². The summed E-state index contributed by atoms with van der Waals surface area (Å²) in [5, 5.41) is 6.76. The maximum absolute atomic E-state index is 14.3. The molecule has 0 bridgehead atoms. The van der Waals surface area contributed by atoms with Gasteiger partial charge in [-0.05, 0) is 52.4 Å². The maximum atomic E-state index is 14.3. The van der Waals surface area contributed by atoms with Gasteiger partial charge in [0.25, 0.3) is 0 Å². The zero-order chi connectivity index (χ0) is 21.9. The Labute approximate surface area is 202 Å². The Morgan fingerprint density at radius 2 is 1.90 bits per heavy atom. The van der Waals surface area contributed by atoms with Crippen LogP contribution in [0.25, 0.3) is 0 Å². The summed E-state index contributed by atoms with van der Waals surface area (Å²) in [6.45, 7) is 6.94. The number of likely N-dealkylation sites (N-methyl/N-ethyl adjacent to an activating group) is 1. The highest BCUT2D eigenvalue weighted by Gasteiger charge is 2.23. The van der Waals surface area contributed by atoms with Crippen LogP contribution >= 0.6 is 24.0 Å². The van der Waals surface area contributed by atoms with Gasteiger partial charge in [-0.2, -0.15) is 0 Å². The highest BCUT2D eigenvalue weighted by molar-refractivity contribution is 14.0. The smallest absolute Gasteiger partial charge is 0.191 e. The number of hydrogen-bond acceptors (Lipinski definition) is 4. The van der Waals surface area contributed by atoms with Crippen LogP contribution in [0.4, 0.5) is 8.78 Å². The SMILES string of the molecule is CCNC(=NCC(c1c(F)cccc1F)N(C)C)NC1CCN(CCCOC)CC1.I. The summed E-state index contributed by atoms with van der Waals surface area (Å²) in [6.07, 6.45) is 3.13. The summed E-state index contributed by atoms with van der Waals surface area (Å²) in [7, 11) is 5.36. The summed E-state index contributed by atoms with van der Waals surface area (Å²) in [6, 6.07) is 3.83. The topological polar surface area (TPSA) is 52.1 Å². The van der Waals surface area contributed by atoms with E-state index >= 15 is 0 Å². The molecular formula is C22H38F2IN5O. The fourth-order valence-electron chi connectivity index (χ4n) is 3.77. The predicted octanol–water partition coefficient (Wildman–Crippen LogP) is 3.24. The minimum absolute atomic E-state index is 0. The number of ether oxygens (including phenoxy) is 1. The number of halogens is 3. The van der Waals surface area contributed by atoms with Gasteiger partial charge >= 0.3 is 0 Å². The van der Waals surface area contributed by atoms with Crippen LogP contribution in [0.2, 0.25) is 0 Å². The Morgan fingerprint density at radius 1 is 1.26 bits per heavy atom. The van der Waals surface area contributed by atoms with E-state index < -0.39 is 17.7 Å². The highest BCUT2D eigenvalue weighted by Crippen LogP contribution is 2.24. The van der Waals surface area contributed by atoms with E-state index in [0.717, 1.165) is 52.0 Å². The minimum atomic E-state index is -0.539. The summed E-state index contributed by atoms with van der Waals surface area (Å²) < 4.78 is 33.7. The van der Waals surface area contributed by atoms with Crippen molar-refractivity contribution in [3.8, 4) is 0 Å². The van der Waals surface area contributed by atoms with E-state index in [2.05, 4.69) is 20.5 Å². The molecule has 1 heterocycles. The van der Waals surface area contributed by atoms with Gasteiger partial charge in [-0.1, -0.05) is 6.07 Å². The molecule has 0 aliphatic carbocycles. The van der Waals surface area contributed by atoms with Crippen LogP contribution in [-0.2, 0) is 4.74 Å². The minimum Gasteiger partial charge on any atom is -0.385 e. The van der Waals surface area contributed by atoms with Gasteiger partial charge in [0.05, 0.1) is 12.6 Å². The second kappa shape index (κ2) is 14.9. The van der Waals surface area contributed by atoms with Gasteiger partial charge in [-0.15, -0.1) is 24.0 Å². The third-order valence-corrected chi connectivity index (χ3v) is 5.47. The maximum Gasteiger partial charge on any atom is 0.191 e. The summed E-state index contributed by atoms with van der Waals surface area (Å²) in [5.74, 6) is -0.385. The lowest BCUT2D eigenvalue weighted by Gasteiger charge is -2.33. The fourth-order valence-corrected chi connectivity index (χ4v) is 3.77. The van der Waals surface area contributed by atoms with E-state index in [-0.39, 0.29) is 36.1 Å². The molecule has 2 rings (SSSR count). The number of methoxy groups -OCH3 is 1. The van der Waals surface area contributed by atoms with Crippen molar-refractivity contribution in [2.75, 3.05) is 60.5 Å². The van der Waals surface area contributed by atoms with Gasteiger partial charge in [0.1, 0.15) is 11.6 Å². The number of rotatable bonds is 10. The van der Waals surface area contributed by atoms with Crippen molar-refractivity contribution in [2.24, 2.45) is 4.99 Å². The van der Waals surface area contributed by atoms with Crippen LogP contribution in [-0.4, -0.2) is 82.3 Å². The number of piperidine rings is 1. The molecule has 1 aliphatic heterocycles. The zero-order valence-electron chi connectivity index (χ0n) is 19.2. The average Bonchev–Trinajstić information content (AvgIpc) is 2.71. The van der Waals surface area contributed by atoms with Gasteiger partial charge in [-0.3, -0.25) is 4.99 Å². The molecule has 31 heavy (non-hydrogen) atoms. The fraction of sp³-hybridized carbons (Fsp3) is 0.682. The monoisotopic (exact) mass is 553 g/mol. The molecule has 1 unspecified atom stereocenters. The molecule has 1 atom stereocenters. The first-order valence-electron chi connectivity index (χ1n) is 10.8. The lowest BCUT2D eigenvalue weighted by atomic mass is 10.0. The van der Waals surface area contributed by atoms with E-state index in [4.69, 9.17) is 4.74 Å². The molecule has 1 aromatic carbocycles. The Bertz CT molecular complexity index is 649. The Kier molecular flexibility index (Phi) is 13.5. The van der Waals surface area contributed by atoms with Gasteiger partial charge < -0.3 is 25.2 Å². The van der Waals surface area contributed by atoms with Gasteiger partial charge in [0.2, 0.25) is 0 Å². The zero-order valence-corrected chi connectivity index (χ0v) is 21.5. The number of aliphatic imine (C=N–C) groups is 1. The normalized spacial score (nSPS) is 16.8. The third kappa shape index (κ3) is 9.15. The van der Waals surface area contributed by atoms with E-state index in [1.54, 1.807) is 12.0 Å². The van der Waals surface area contributed by atoms with Crippen molar-refractivity contribution < 1.29 is 13.5 Å². The molecule has 9 heteroatoms. The first kappa shape index (κ1) is 28.0. The van der Waals surface area contributed by atoms with Gasteiger partial charge in [0.15, 0.2) is 5.96 Å². The number of guanidine groups is 1. The average molecular weight is 553 g/mol. The molecule has 0 amide bonds. The highest BCUT2D eigenvalue weighted by atomic mass is 127. The van der Waals surface area contributed by atoms with Crippen LogP contribution < -0.4 is 10.6 Å². The van der Waals surface area contributed by atoms with Crippen LogP contribution in [0.5, 0.6) is 0 Å². The summed E-state index contributed by atoms with van der Waals surface area (Å²) in [4.78, 5) is 8.92. The van der Waals surface area contributed by atoms with Crippen molar-refractivity contribution >= 4 is 29.9 Å². The van der Waals surface area contributed by atoms with Crippen molar-refractivity contribution in [1.29, 1.82) is 0 Å². The Hall–Kier alpha value is -1.04. The number of nitrogens with one attached hydrogen (secondary N) is 2. The number of hydrogen-bond donors (Lipinski definition) is 2. The molecule has 0 spiro atoms. The van der Waals surface area contributed by atoms with Crippen molar-refractivity contribution in [2.45, 2.75) is 38.3 Å². The van der Waals surface area contributed by atoms with E-state index in [0.29, 0.717) is 12.0 Å². The van der Waals surface area contributed by atoms with Crippen LogP contribution in [0, 0.1) is 11.6 Å². The lowest BCUT2D eigenvalue weighted by Crippen LogP contribution is -2.49. The molecule has 6 nitrogen and oxygen atoms in total. The molecule has 1 fully saturated rings.